The summed E-state index contributed by atoms with van der Waals surface area (Å²) in [6, 6.07) is 4.21. The maximum Gasteiger partial charge on any atom is 0.128 e. The molecule has 0 atom stereocenters. The van der Waals surface area contributed by atoms with Crippen molar-refractivity contribution < 1.29 is 0 Å². The Morgan fingerprint density at radius 2 is 2.06 bits per heavy atom. The van der Waals surface area contributed by atoms with Crippen LogP contribution in [0.1, 0.15) is 5.56 Å². The number of halogens is 1. The van der Waals surface area contributed by atoms with Crippen molar-refractivity contribution in [1.82, 2.24) is 9.88 Å². The smallest absolute Gasteiger partial charge is 0.128 e. The Balaban J connectivity index is 1.94. The number of hydrogen-bond acceptors (Lipinski definition) is 3. The highest BCUT2D eigenvalue weighted by molar-refractivity contribution is 9.09. The molecule has 2 rings (SSSR count). The van der Waals surface area contributed by atoms with Gasteiger partial charge in [0.2, 0.25) is 0 Å². The average Bonchev–Trinajstić information content (AvgIpc) is 2.30. The highest BCUT2D eigenvalue weighted by Crippen LogP contribution is 2.14. The highest BCUT2D eigenvalue weighted by Gasteiger charge is 2.17. The summed E-state index contributed by atoms with van der Waals surface area (Å²) in [4.78, 5) is 9.29. The summed E-state index contributed by atoms with van der Waals surface area (Å²) in [6.07, 6.45) is 1.90. The van der Waals surface area contributed by atoms with E-state index in [1.54, 1.807) is 0 Å². The molecule has 0 N–H and O–H groups in total. The second-order valence-electron chi connectivity index (χ2n) is 4.21. The molecule has 1 fully saturated rings. The Labute approximate surface area is 106 Å². The van der Waals surface area contributed by atoms with Gasteiger partial charge in [-0.25, -0.2) is 4.98 Å². The number of hydrogen-bond donors (Lipinski definition) is 0. The SMILES string of the molecule is Cc1ccnc(N2CCN(CCBr)CC2)c1. The molecule has 0 aromatic carbocycles. The quantitative estimate of drug-likeness (QED) is 0.790. The minimum Gasteiger partial charge on any atom is -0.354 e. The van der Waals surface area contributed by atoms with Crippen LogP contribution in [0.4, 0.5) is 5.82 Å². The summed E-state index contributed by atoms with van der Waals surface area (Å²) in [5.74, 6) is 1.12. The number of aromatic nitrogens is 1. The molecule has 1 aromatic heterocycles. The van der Waals surface area contributed by atoms with E-state index in [0.717, 1.165) is 43.9 Å². The number of rotatable bonds is 3. The molecule has 0 unspecified atom stereocenters. The van der Waals surface area contributed by atoms with E-state index in [2.05, 4.69) is 43.7 Å². The molecule has 1 aliphatic rings. The topological polar surface area (TPSA) is 19.4 Å². The number of nitrogens with zero attached hydrogens (tertiary/aromatic N) is 3. The number of aryl methyl sites for hydroxylation is 1. The van der Waals surface area contributed by atoms with E-state index < -0.39 is 0 Å². The van der Waals surface area contributed by atoms with Gasteiger partial charge in [-0.05, 0) is 24.6 Å². The van der Waals surface area contributed by atoms with Gasteiger partial charge in [0.15, 0.2) is 0 Å². The normalized spacial score (nSPS) is 17.8. The van der Waals surface area contributed by atoms with Gasteiger partial charge in [-0.3, -0.25) is 4.90 Å². The predicted octanol–water partition coefficient (Wildman–Crippen LogP) is 1.91. The fraction of sp³-hybridized carbons (Fsp3) is 0.583. The van der Waals surface area contributed by atoms with Gasteiger partial charge in [0, 0.05) is 44.3 Å². The third-order valence-electron chi connectivity index (χ3n) is 3.00. The Hall–Kier alpha value is -0.610. The molecule has 0 aliphatic carbocycles. The molecule has 0 spiro atoms. The second-order valence-corrected chi connectivity index (χ2v) is 5.00. The van der Waals surface area contributed by atoms with Crippen LogP contribution < -0.4 is 4.90 Å². The zero-order chi connectivity index (χ0) is 11.4. The Morgan fingerprint density at radius 1 is 1.31 bits per heavy atom. The maximum atomic E-state index is 4.43. The molecule has 3 nitrogen and oxygen atoms in total. The van der Waals surface area contributed by atoms with E-state index in [1.165, 1.54) is 5.56 Å². The standard InChI is InChI=1S/C12H18BrN3/c1-11-2-4-14-12(10-11)16-8-6-15(5-3-13)7-9-16/h2,4,10H,3,5-9H2,1H3. The van der Waals surface area contributed by atoms with Crippen LogP contribution in [0.15, 0.2) is 18.3 Å². The molecule has 0 saturated carbocycles. The average molecular weight is 284 g/mol. The lowest BCUT2D eigenvalue weighted by molar-refractivity contribution is 0.273. The molecule has 88 valence electrons. The summed E-state index contributed by atoms with van der Waals surface area (Å²) in [5, 5.41) is 1.07. The van der Waals surface area contributed by atoms with Crippen LogP contribution in [0.5, 0.6) is 0 Å². The van der Waals surface area contributed by atoms with Gasteiger partial charge >= 0.3 is 0 Å². The van der Waals surface area contributed by atoms with Crippen molar-refractivity contribution >= 4 is 21.7 Å². The zero-order valence-electron chi connectivity index (χ0n) is 9.69. The van der Waals surface area contributed by atoms with Crippen LogP contribution >= 0.6 is 15.9 Å². The molecular weight excluding hydrogens is 266 g/mol. The number of piperazine rings is 1. The lowest BCUT2D eigenvalue weighted by atomic mass is 10.2. The molecule has 1 aromatic rings. The Kier molecular flexibility index (Phi) is 4.18. The van der Waals surface area contributed by atoms with E-state index in [1.807, 2.05) is 12.3 Å². The summed E-state index contributed by atoms with van der Waals surface area (Å²) >= 11 is 3.49. The molecular formula is C12H18BrN3. The zero-order valence-corrected chi connectivity index (χ0v) is 11.3. The summed E-state index contributed by atoms with van der Waals surface area (Å²) in [7, 11) is 0. The molecule has 4 heteroatoms. The van der Waals surface area contributed by atoms with E-state index in [0.29, 0.717) is 0 Å². The van der Waals surface area contributed by atoms with Gasteiger partial charge < -0.3 is 4.90 Å². The van der Waals surface area contributed by atoms with E-state index in [-0.39, 0.29) is 0 Å². The van der Waals surface area contributed by atoms with Gasteiger partial charge in [0.25, 0.3) is 0 Å². The third-order valence-corrected chi connectivity index (χ3v) is 3.35. The molecule has 2 heterocycles. The van der Waals surface area contributed by atoms with Crippen LogP contribution in [-0.2, 0) is 0 Å². The van der Waals surface area contributed by atoms with Crippen molar-refractivity contribution in [3.8, 4) is 0 Å². The van der Waals surface area contributed by atoms with Crippen molar-refractivity contribution in [2.75, 3.05) is 43.0 Å². The first-order chi connectivity index (χ1) is 7.79. The van der Waals surface area contributed by atoms with E-state index in [9.17, 15) is 0 Å². The van der Waals surface area contributed by atoms with Crippen LogP contribution in [0.3, 0.4) is 0 Å². The first kappa shape index (κ1) is 11.9. The van der Waals surface area contributed by atoms with Gasteiger partial charge in [-0.15, -0.1) is 0 Å². The molecule has 1 saturated heterocycles. The van der Waals surface area contributed by atoms with Crippen molar-refractivity contribution in [2.24, 2.45) is 0 Å². The molecule has 0 amide bonds. The van der Waals surface area contributed by atoms with Gasteiger partial charge in [0.05, 0.1) is 0 Å². The molecule has 1 aliphatic heterocycles. The number of pyridine rings is 1. The van der Waals surface area contributed by atoms with Crippen LogP contribution in [0.2, 0.25) is 0 Å². The fourth-order valence-corrected chi connectivity index (χ4v) is 2.51. The fourth-order valence-electron chi connectivity index (χ4n) is 2.01. The molecule has 0 bridgehead atoms. The van der Waals surface area contributed by atoms with Crippen LogP contribution in [0, 0.1) is 6.92 Å². The first-order valence-corrected chi connectivity index (χ1v) is 6.87. The third kappa shape index (κ3) is 2.95. The van der Waals surface area contributed by atoms with E-state index in [4.69, 9.17) is 0 Å². The minimum absolute atomic E-state index is 1.07. The Morgan fingerprint density at radius 3 is 2.69 bits per heavy atom. The minimum atomic E-state index is 1.07. The first-order valence-electron chi connectivity index (χ1n) is 5.75. The monoisotopic (exact) mass is 283 g/mol. The number of alkyl halides is 1. The van der Waals surface area contributed by atoms with Gasteiger partial charge in [-0.2, -0.15) is 0 Å². The predicted molar refractivity (Wildman–Crippen MR) is 71.4 cm³/mol. The van der Waals surface area contributed by atoms with Crippen LogP contribution in [0.25, 0.3) is 0 Å². The molecule has 0 radical (unpaired) electrons. The lowest BCUT2D eigenvalue weighted by Gasteiger charge is -2.35. The van der Waals surface area contributed by atoms with Crippen molar-refractivity contribution in [3.05, 3.63) is 23.9 Å². The molecule has 16 heavy (non-hydrogen) atoms. The van der Waals surface area contributed by atoms with Crippen molar-refractivity contribution in [3.63, 3.8) is 0 Å². The van der Waals surface area contributed by atoms with Crippen molar-refractivity contribution in [2.45, 2.75) is 6.92 Å². The Bertz CT molecular complexity index is 335. The van der Waals surface area contributed by atoms with E-state index >= 15 is 0 Å². The van der Waals surface area contributed by atoms with Gasteiger partial charge in [0.1, 0.15) is 5.82 Å². The van der Waals surface area contributed by atoms with Gasteiger partial charge in [-0.1, -0.05) is 15.9 Å². The van der Waals surface area contributed by atoms with Crippen LogP contribution in [-0.4, -0.2) is 47.9 Å². The second kappa shape index (κ2) is 5.64. The highest BCUT2D eigenvalue weighted by atomic mass is 79.9. The summed E-state index contributed by atoms with van der Waals surface area (Å²) in [6.45, 7) is 7.72. The summed E-state index contributed by atoms with van der Waals surface area (Å²) in [5.41, 5.74) is 1.29. The van der Waals surface area contributed by atoms with Crippen molar-refractivity contribution in [1.29, 1.82) is 0 Å². The number of anilines is 1. The lowest BCUT2D eigenvalue weighted by Crippen LogP contribution is -2.47. The summed E-state index contributed by atoms with van der Waals surface area (Å²) < 4.78 is 0. The maximum absolute atomic E-state index is 4.43. The largest absolute Gasteiger partial charge is 0.354 e.